The molecule has 28 heavy (non-hydrogen) atoms. The van der Waals surface area contributed by atoms with Gasteiger partial charge in [-0.25, -0.2) is 0 Å². The predicted octanol–water partition coefficient (Wildman–Crippen LogP) is 3.31. The van der Waals surface area contributed by atoms with Crippen molar-refractivity contribution in [1.82, 2.24) is 20.2 Å². The number of rotatable bonds is 6. The molecule has 1 heterocycles. The van der Waals surface area contributed by atoms with E-state index in [-0.39, 0.29) is 17.3 Å². The van der Waals surface area contributed by atoms with Crippen LogP contribution in [0.1, 0.15) is 18.1 Å². The summed E-state index contributed by atoms with van der Waals surface area (Å²) in [5.41, 5.74) is 3.04. The van der Waals surface area contributed by atoms with Gasteiger partial charge in [-0.1, -0.05) is 30.0 Å². The first-order chi connectivity index (χ1) is 13.4. The largest absolute Gasteiger partial charge is 0.319 e. The molecule has 2 aromatic carbocycles. The number of amides is 1. The van der Waals surface area contributed by atoms with Crippen molar-refractivity contribution in [2.45, 2.75) is 31.2 Å². The summed E-state index contributed by atoms with van der Waals surface area (Å²) < 4.78 is 1.56. The Balaban J connectivity index is 1.76. The number of carbonyl (C=O) groups excluding carboxylic acids is 1. The average molecular weight is 398 g/mol. The summed E-state index contributed by atoms with van der Waals surface area (Å²) in [6.07, 6.45) is 0. The monoisotopic (exact) mass is 398 g/mol. The van der Waals surface area contributed by atoms with Gasteiger partial charge in [0.1, 0.15) is 5.69 Å². The number of para-hydroxylation sites is 2. The predicted molar refractivity (Wildman–Crippen MR) is 106 cm³/mol. The topological polar surface area (TPSA) is 116 Å². The molecular weight excluding hydrogens is 380 g/mol. The smallest absolute Gasteiger partial charge is 0.292 e. The second kappa shape index (κ2) is 8.17. The number of hydrogen-bond acceptors (Lipinski definition) is 7. The summed E-state index contributed by atoms with van der Waals surface area (Å²) in [5, 5.41) is 25.3. The molecule has 0 fully saturated rings. The Bertz CT molecular complexity index is 1040. The van der Waals surface area contributed by atoms with Crippen LogP contribution in [-0.4, -0.2) is 36.3 Å². The van der Waals surface area contributed by atoms with Crippen molar-refractivity contribution in [3.63, 3.8) is 0 Å². The van der Waals surface area contributed by atoms with Crippen molar-refractivity contribution in [2.75, 3.05) is 5.32 Å². The number of benzene rings is 2. The number of nitro benzene ring substituents is 1. The van der Waals surface area contributed by atoms with E-state index in [4.69, 9.17) is 0 Å². The maximum Gasteiger partial charge on any atom is 0.292 e. The first kappa shape index (κ1) is 19.5. The number of carbonyl (C=O) groups is 1. The van der Waals surface area contributed by atoms with Crippen LogP contribution in [0.4, 0.5) is 11.4 Å². The number of nitrogens with one attached hydrogen (secondary N) is 1. The van der Waals surface area contributed by atoms with Gasteiger partial charge in [-0.2, -0.15) is 4.68 Å². The normalized spacial score (nSPS) is 11.8. The fraction of sp³-hybridized carbons (Fsp3) is 0.222. The number of thioether (sulfide) groups is 1. The lowest BCUT2D eigenvalue weighted by atomic mass is 10.1. The highest BCUT2D eigenvalue weighted by atomic mass is 32.2. The lowest BCUT2D eigenvalue weighted by Gasteiger charge is -2.12. The molecule has 144 valence electrons. The van der Waals surface area contributed by atoms with Crippen LogP contribution in [-0.2, 0) is 4.79 Å². The first-order valence-electron chi connectivity index (χ1n) is 8.43. The van der Waals surface area contributed by atoms with E-state index in [1.807, 2.05) is 32.0 Å². The number of nitrogens with zero attached hydrogens (tertiary/aromatic N) is 5. The third kappa shape index (κ3) is 4.17. The van der Waals surface area contributed by atoms with Crippen molar-refractivity contribution < 1.29 is 9.72 Å². The summed E-state index contributed by atoms with van der Waals surface area (Å²) in [6.45, 7) is 5.70. The van der Waals surface area contributed by atoms with Crippen LogP contribution in [0.25, 0.3) is 5.69 Å². The Hall–Kier alpha value is -3.27. The van der Waals surface area contributed by atoms with E-state index < -0.39 is 10.2 Å². The molecule has 0 aliphatic rings. The van der Waals surface area contributed by atoms with E-state index in [0.717, 1.165) is 16.8 Å². The van der Waals surface area contributed by atoms with Gasteiger partial charge in [0.2, 0.25) is 11.1 Å². The molecule has 0 aliphatic heterocycles. The van der Waals surface area contributed by atoms with Crippen LogP contribution in [0, 0.1) is 24.0 Å². The minimum atomic E-state index is -0.573. The van der Waals surface area contributed by atoms with E-state index >= 15 is 0 Å². The van der Waals surface area contributed by atoms with Crippen LogP contribution in [0.3, 0.4) is 0 Å². The second-order valence-corrected chi connectivity index (χ2v) is 7.47. The van der Waals surface area contributed by atoms with Gasteiger partial charge in [-0.15, -0.1) is 5.10 Å². The summed E-state index contributed by atoms with van der Waals surface area (Å²) in [7, 11) is 0. The fourth-order valence-corrected chi connectivity index (χ4v) is 3.26. The second-order valence-electron chi connectivity index (χ2n) is 6.17. The SMILES string of the molecule is Cc1ccc(-n2nnnc2S[C@@H](C)C(=O)Nc2ccccc2[N+](=O)[O-])cc1C. The van der Waals surface area contributed by atoms with Gasteiger partial charge in [-0.05, 0) is 60.5 Å². The number of aryl methyl sites for hydroxylation is 2. The standard InChI is InChI=1S/C18H18N6O3S/c1-11-8-9-14(10-12(11)2)23-18(20-21-22-23)28-13(3)17(25)19-15-6-4-5-7-16(15)24(26)27/h4-10,13H,1-3H3,(H,19,25)/t13-/m0/s1. The van der Waals surface area contributed by atoms with E-state index in [9.17, 15) is 14.9 Å². The quantitative estimate of drug-likeness (QED) is 0.385. The highest BCUT2D eigenvalue weighted by Crippen LogP contribution is 2.27. The zero-order valence-corrected chi connectivity index (χ0v) is 16.3. The van der Waals surface area contributed by atoms with Crippen molar-refractivity contribution in [2.24, 2.45) is 0 Å². The molecule has 1 atom stereocenters. The molecule has 3 aromatic rings. The number of aromatic nitrogens is 4. The maximum absolute atomic E-state index is 12.5. The van der Waals surface area contributed by atoms with Gasteiger partial charge >= 0.3 is 0 Å². The molecular formula is C18H18N6O3S. The average Bonchev–Trinajstić information content (AvgIpc) is 3.12. The third-order valence-corrected chi connectivity index (χ3v) is 5.22. The fourth-order valence-electron chi connectivity index (χ4n) is 2.46. The molecule has 0 radical (unpaired) electrons. The Kier molecular flexibility index (Phi) is 5.69. The summed E-state index contributed by atoms with van der Waals surface area (Å²) >= 11 is 1.17. The van der Waals surface area contributed by atoms with Crippen LogP contribution < -0.4 is 5.32 Å². The van der Waals surface area contributed by atoms with Gasteiger partial charge in [0.25, 0.3) is 5.69 Å². The molecule has 0 unspecified atom stereocenters. The van der Waals surface area contributed by atoms with E-state index in [1.165, 1.54) is 23.9 Å². The number of tetrazole rings is 1. The summed E-state index contributed by atoms with van der Waals surface area (Å²) in [5.74, 6) is -0.381. The molecule has 9 nitrogen and oxygen atoms in total. The van der Waals surface area contributed by atoms with Gasteiger partial charge in [0.05, 0.1) is 15.9 Å². The van der Waals surface area contributed by atoms with Crippen LogP contribution in [0.15, 0.2) is 47.6 Å². The molecule has 0 aliphatic carbocycles. The number of hydrogen-bond donors (Lipinski definition) is 1. The van der Waals surface area contributed by atoms with Gasteiger partial charge in [-0.3, -0.25) is 14.9 Å². The van der Waals surface area contributed by atoms with Crippen LogP contribution in [0.2, 0.25) is 0 Å². The Morgan fingerprint density at radius 3 is 2.68 bits per heavy atom. The number of anilines is 1. The Morgan fingerprint density at radius 2 is 1.96 bits per heavy atom. The molecule has 0 saturated carbocycles. The highest BCUT2D eigenvalue weighted by molar-refractivity contribution is 8.00. The molecule has 10 heteroatoms. The minimum Gasteiger partial charge on any atom is -0.319 e. The lowest BCUT2D eigenvalue weighted by molar-refractivity contribution is -0.383. The maximum atomic E-state index is 12.5. The van der Waals surface area contributed by atoms with E-state index in [2.05, 4.69) is 20.8 Å². The molecule has 0 bridgehead atoms. The zero-order chi connectivity index (χ0) is 20.3. The van der Waals surface area contributed by atoms with Crippen molar-refractivity contribution in [3.05, 3.63) is 63.7 Å². The summed E-state index contributed by atoms with van der Waals surface area (Å²) in [6, 6.07) is 11.9. The summed E-state index contributed by atoms with van der Waals surface area (Å²) in [4.78, 5) is 23.1. The van der Waals surface area contributed by atoms with Gasteiger partial charge < -0.3 is 5.32 Å². The molecule has 1 aromatic heterocycles. The van der Waals surface area contributed by atoms with Crippen LogP contribution >= 0.6 is 11.8 Å². The van der Waals surface area contributed by atoms with Gasteiger partial charge in [0, 0.05) is 6.07 Å². The Labute approximate surface area is 165 Å². The highest BCUT2D eigenvalue weighted by Gasteiger charge is 2.22. The molecule has 0 spiro atoms. The molecule has 1 amide bonds. The third-order valence-electron chi connectivity index (χ3n) is 4.19. The molecule has 3 rings (SSSR count). The first-order valence-corrected chi connectivity index (χ1v) is 9.31. The van der Waals surface area contributed by atoms with Crippen LogP contribution in [0.5, 0.6) is 0 Å². The van der Waals surface area contributed by atoms with E-state index in [1.54, 1.807) is 23.7 Å². The Morgan fingerprint density at radius 1 is 1.21 bits per heavy atom. The minimum absolute atomic E-state index is 0.152. The molecule has 1 N–H and O–H groups in total. The zero-order valence-electron chi connectivity index (χ0n) is 15.5. The van der Waals surface area contributed by atoms with Crippen molar-refractivity contribution in [1.29, 1.82) is 0 Å². The van der Waals surface area contributed by atoms with Crippen molar-refractivity contribution >= 4 is 29.0 Å². The number of nitro groups is 1. The van der Waals surface area contributed by atoms with Crippen molar-refractivity contribution in [3.8, 4) is 5.69 Å². The lowest BCUT2D eigenvalue weighted by Crippen LogP contribution is -2.23. The van der Waals surface area contributed by atoms with E-state index in [0.29, 0.717) is 5.16 Å². The molecule has 0 saturated heterocycles. The van der Waals surface area contributed by atoms with Gasteiger partial charge in [0.15, 0.2) is 0 Å².